The molecule has 3 nitrogen and oxygen atoms in total. The van der Waals surface area contributed by atoms with E-state index < -0.39 is 6.10 Å². The van der Waals surface area contributed by atoms with Crippen LogP contribution in [-0.4, -0.2) is 55.3 Å². The number of likely N-dealkylation sites (N-methyl/N-ethyl adjacent to an activating group) is 1. The molecule has 0 aliphatic heterocycles. The summed E-state index contributed by atoms with van der Waals surface area (Å²) in [6.07, 6.45) is 2.24. The lowest BCUT2D eigenvalue weighted by Gasteiger charge is -2.18. The molecule has 0 bridgehead atoms. The van der Waals surface area contributed by atoms with E-state index in [0.29, 0.717) is 12.4 Å². The second-order valence-corrected chi connectivity index (χ2v) is 4.40. The largest absolute Gasteiger partial charge is 0.391 e. The summed E-state index contributed by atoms with van der Waals surface area (Å²) in [6, 6.07) is 0. The molecule has 0 amide bonds. The van der Waals surface area contributed by atoms with Crippen LogP contribution in [0.25, 0.3) is 0 Å². The van der Waals surface area contributed by atoms with Gasteiger partial charge in [0.25, 0.3) is 0 Å². The van der Waals surface area contributed by atoms with Crippen LogP contribution >= 0.6 is 11.6 Å². The number of nitrogens with zero attached hydrogens (tertiary/aromatic N) is 1. The predicted octanol–water partition coefficient (Wildman–Crippen LogP) is 0.945. The molecule has 84 valence electrons. The summed E-state index contributed by atoms with van der Waals surface area (Å²) in [4.78, 5) is 2.04. The van der Waals surface area contributed by atoms with Crippen molar-refractivity contribution in [3.05, 3.63) is 0 Å². The van der Waals surface area contributed by atoms with Crippen LogP contribution in [0.5, 0.6) is 0 Å². The van der Waals surface area contributed by atoms with E-state index in [1.54, 1.807) is 0 Å². The molecule has 14 heavy (non-hydrogen) atoms. The Hall–Kier alpha value is 0.170. The van der Waals surface area contributed by atoms with Crippen LogP contribution in [-0.2, 0) is 4.74 Å². The number of ether oxygens (including phenoxy) is 1. The van der Waals surface area contributed by atoms with Crippen molar-refractivity contribution in [3.63, 3.8) is 0 Å². The van der Waals surface area contributed by atoms with E-state index in [2.05, 4.69) is 0 Å². The number of aliphatic hydroxyl groups excluding tert-OH is 1. The maximum absolute atomic E-state index is 9.27. The van der Waals surface area contributed by atoms with E-state index >= 15 is 0 Å². The quantitative estimate of drug-likeness (QED) is 0.489. The van der Waals surface area contributed by atoms with Gasteiger partial charge in [-0.15, -0.1) is 11.6 Å². The highest BCUT2D eigenvalue weighted by Gasteiger charge is 2.20. The maximum atomic E-state index is 9.27. The van der Waals surface area contributed by atoms with Crippen LogP contribution < -0.4 is 0 Å². The fourth-order valence-electron chi connectivity index (χ4n) is 1.25. The number of alkyl halides is 1. The zero-order valence-corrected chi connectivity index (χ0v) is 9.54. The minimum atomic E-state index is -0.426. The number of rotatable bonds is 8. The molecule has 4 heteroatoms. The molecule has 0 heterocycles. The fraction of sp³-hybridized carbons (Fsp3) is 1.00. The van der Waals surface area contributed by atoms with Crippen molar-refractivity contribution in [1.82, 2.24) is 4.90 Å². The standard InChI is InChI=1S/C10H20ClNO2/c1-12(7-10(13)6-11)4-5-14-8-9-2-3-9/h9-10,13H,2-8H2,1H3. The molecule has 0 aromatic rings. The summed E-state index contributed by atoms with van der Waals surface area (Å²) in [5, 5.41) is 9.27. The summed E-state index contributed by atoms with van der Waals surface area (Å²) in [5.74, 6) is 1.13. The van der Waals surface area contributed by atoms with E-state index in [9.17, 15) is 5.11 Å². The molecule has 0 aromatic carbocycles. The van der Waals surface area contributed by atoms with Crippen LogP contribution in [0.4, 0.5) is 0 Å². The lowest BCUT2D eigenvalue weighted by molar-refractivity contribution is 0.0851. The molecule has 1 unspecified atom stereocenters. The van der Waals surface area contributed by atoms with Gasteiger partial charge in [0.1, 0.15) is 0 Å². The first kappa shape index (κ1) is 12.2. The molecule has 1 atom stereocenters. The Balaban J connectivity index is 1.88. The normalized spacial score (nSPS) is 18.9. The van der Waals surface area contributed by atoms with Gasteiger partial charge in [0.05, 0.1) is 12.7 Å². The first-order valence-corrected chi connectivity index (χ1v) is 5.76. The van der Waals surface area contributed by atoms with Crippen LogP contribution in [0.1, 0.15) is 12.8 Å². The average molecular weight is 222 g/mol. The van der Waals surface area contributed by atoms with Crippen molar-refractivity contribution in [2.45, 2.75) is 18.9 Å². The first-order valence-electron chi connectivity index (χ1n) is 5.22. The average Bonchev–Trinajstić information content (AvgIpc) is 2.96. The van der Waals surface area contributed by atoms with E-state index in [1.165, 1.54) is 12.8 Å². The molecule has 0 radical (unpaired) electrons. The van der Waals surface area contributed by atoms with Gasteiger partial charge in [-0.25, -0.2) is 0 Å². The van der Waals surface area contributed by atoms with Crippen molar-refractivity contribution in [3.8, 4) is 0 Å². The van der Waals surface area contributed by atoms with E-state index in [0.717, 1.165) is 25.7 Å². The Bertz CT molecular complexity index is 153. The van der Waals surface area contributed by atoms with Gasteiger partial charge in [-0.2, -0.15) is 0 Å². The molecule has 0 spiro atoms. The van der Waals surface area contributed by atoms with Gasteiger partial charge in [0.2, 0.25) is 0 Å². The van der Waals surface area contributed by atoms with Crippen LogP contribution in [0.3, 0.4) is 0 Å². The van der Waals surface area contributed by atoms with Crippen LogP contribution in [0, 0.1) is 5.92 Å². The second kappa shape index (κ2) is 6.62. The molecular weight excluding hydrogens is 202 g/mol. The zero-order chi connectivity index (χ0) is 10.4. The minimum Gasteiger partial charge on any atom is -0.391 e. The highest BCUT2D eigenvalue weighted by molar-refractivity contribution is 6.18. The van der Waals surface area contributed by atoms with Gasteiger partial charge in [-0.3, -0.25) is 0 Å². The van der Waals surface area contributed by atoms with Crippen molar-refractivity contribution in [1.29, 1.82) is 0 Å². The highest BCUT2D eigenvalue weighted by atomic mass is 35.5. The maximum Gasteiger partial charge on any atom is 0.0802 e. The molecule has 0 saturated heterocycles. The zero-order valence-electron chi connectivity index (χ0n) is 8.79. The molecule has 1 aliphatic carbocycles. The van der Waals surface area contributed by atoms with Crippen LogP contribution in [0.2, 0.25) is 0 Å². The van der Waals surface area contributed by atoms with Gasteiger partial charge in [-0.05, 0) is 25.8 Å². The van der Waals surface area contributed by atoms with Gasteiger partial charge < -0.3 is 14.7 Å². The number of aliphatic hydroxyl groups is 1. The summed E-state index contributed by atoms with van der Waals surface area (Å²) < 4.78 is 5.49. The predicted molar refractivity (Wildman–Crippen MR) is 57.8 cm³/mol. The number of halogens is 1. The van der Waals surface area contributed by atoms with Gasteiger partial charge in [0.15, 0.2) is 0 Å². The lowest BCUT2D eigenvalue weighted by Crippen LogP contribution is -2.32. The van der Waals surface area contributed by atoms with E-state index in [1.807, 2.05) is 11.9 Å². The van der Waals surface area contributed by atoms with Gasteiger partial charge in [0, 0.05) is 25.6 Å². The van der Waals surface area contributed by atoms with E-state index in [4.69, 9.17) is 16.3 Å². The molecule has 1 saturated carbocycles. The topological polar surface area (TPSA) is 32.7 Å². The Morgan fingerprint density at radius 1 is 1.57 bits per heavy atom. The molecule has 1 fully saturated rings. The first-order chi connectivity index (χ1) is 6.72. The number of hydrogen-bond donors (Lipinski definition) is 1. The van der Waals surface area contributed by atoms with Gasteiger partial charge >= 0.3 is 0 Å². The third-order valence-electron chi connectivity index (χ3n) is 2.37. The lowest BCUT2D eigenvalue weighted by atomic mass is 10.4. The molecular formula is C10H20ClNO2. The van der Waals surface area contributed by atoms with Gasteiger partial charge in [-0.1, -0.05) is 0 Å². The SMILES string of the molecule is CN(CCOCC1CC1)CC(O)CCl. The highest BCUT2D eigenvalue weighted by Crippen LogP contribution is 2.28. The fourth-order valence-corrected chi connectivity index (χ4v) is 1.35. The van der Waals surface area contributed by atoms with Crippen LogP contribution in [0.15, 0.2) is 0 Å². The minimum absolute atomic E-state index is 0.299. The Kier molecular flexibility index (Phi) is 5.78. The third-order valence-corrected chi connectivity index (χ3v) is 2.72. The number of hydrogen-bond acceptors (Lipinski definition) is 3. The second-order valence-electron chi connectivity index (χ2n) is 4.09. The summed E-state index contributed by atoms with van der Waals surface area (Å²) in [5.41, 5.74) is 0. The third kappa shape index (κ3) is 5.81. The van der Waals surface area contributed by atoms with Crippen molar-refractivity contribution in [2.75, 3.05) is 39.2 Å². The van der Waals surface area contributed by atoms with E-state index in [-0.39, 0.29) is 0 Å². The summed E-state index contributed by atoms with van der Waals surface area (Å²) in [7, 11) is 1.97. The summed E-state index contributed by atoms with van der Waals surface area (Å²) in [6.45, 7) is 3.14. The Labute approximate surface area is 91.0 Å². The Morgan fingerprint density at radius 2 is 2.29 bits per heavy atom. The van der Waals surface area contributed by atoms with Crippen molar-refractivity contribution >= 4 is 11.6 Å². The Morgan fingerprint density at radius 3 is 2.86 bits per heavy atom. The smallest absolute Gasteiger partial charge is 0.0802 e. The summed E-state index contributed by atoms with van der Waals surface area (Å²) >= 11 is 5.50. The van der Waals surface area contributed by atoms with Crippen molar-refractivity contribution in [2.24, 2.45) is 5.92 Å². The molecule has 1 rings (SSSR count). The monoisotopic (exact) mass is 221 g/mol. The van der Waals surface area contributed by atoms with Crippen molar-refractivity contribution < 1.29 is 9.84 Å². The molecule has 0 aromatic heterocycles. The molecule has 1 aliphatic rings. The molecule has 1 N–H and O–H groups in total.